The molecule has 7 heteroatoms. The summed E-state index contributed by atoms with van der Waals surface area (Å²) in [7, 11) is 0. The minimum Gasteiger partial charge on any atom is -0.380 e. The van der Waals surface area contributed by atoms with Crippen molar-refractivity contribution in [2.24, 2.45) is 0 Å². The Morgan fingerprint density at radius 2 is 1.80 bits per heavy atom. The Morgan fingerprint density at radius 3 is 2.45 bits per heavy atom. The highest BCUT2D eigenvalue weighted by molar-refractivity contribution is 9.11. The number of nitro groups is 1. The fraction of sp³-hybridized carbons (Fsp3) is 0.0769. The summed E-state index contributed by atoms with van der Waals surface area (Å²) in [6, 6.07) is 10.6. The maximum atomic E-state index is 10.7. The number of anilines is 1. The van der Waals surface area contributed by atoms with Gasteiger partial charge in [0.2, 0.25) is 0 Å². The highest BCUT2D eigenvalue weighted by Gasteiger charge is 2.09. The van der Waals surface area contributed by atoms with Crippen LogP contribution in [0.1, 0.15) is 5.56 Å². The SMILES string of the molecule is O=[N+]([O-])c1ccc(CNc2cc(Br)ccc2Br)c(Br)c1. The van der Waals surface area contributed by atoms with Crippen LogP contribution in [0.4, 0.5) is 11.4 Å². The smallest absolute Gasteiger partial charge is 0.270 e. The van der Waals surface area contributed by atoms with Crippen LogP contribution in [0.2, 0.25) is 0 Å². The van der Waals surface area contributed by atoms with Crippen molar-refractivity contribution >= 4 is 59.2 Å². The molecule has 104 valence electrons. The zero-order valence-electron chi connectivity index (χ0n) is 10.1. The number of benzene rings is 2. The molecular formula is C13H9Br3N2O2. The minimum atomic E-state index is -0.410. The first kappa shape index (κ1) is 15.5. The molecule has 0 aliphatic carbocycles. The number of nitrogens with zero attached hydrogens (tertiary/aromatic N) is 1. The van der Waals surface area contributed by atoms with E-state index in [9.17, 15) is 10.1 Å². The molecule has 0 aromatic heterocycles. The molecule has 0 radical (unpaired) electrons. The molecule has 20 heavy (non-hydrogen) atoms. The zero-order valence-corrected chi connectivity index (χ0v) is 14.8. The molecule has 0 saturated heterocycles. The molecule has 0 atom stereocenters. The van der Waals surface area contributed by atoms with Gasteiger partial charge in [-0.3, -0.25) is 10.1 Å². The highest BCUT2D eigenvalue weighted by Crippen LogP contribution is 2.28. The normalized spacial score (nSPS) is 10.3. The third kappa shape index (κ3) is 3.80. The van der Waals surface area contributed by atoms with E-state index < -0.39 is 4.92 Å². The Labute approximate surface area is 141 Å². The van der Waals surface area contributed by atoms with Gasteiger partial charge in [-0.15, -0.1) is 0 Å². The van der Waals surface area contributed by atoms with Gasteiger partial charge in [-0.1, -0.05) is 31.9 Å². The van der Waals surface area contributed by atoms with Gasteiger partial charge in [0.1, 0.15) is 0 Å². The van der Waals surface area contributed by atoms with Crippen LogP contribution in [-0.4, -0.2) is 4.92 Å². The fourth-order valence-corrected chi connectivity index (χ4v) is 2.87. The molecular weight excluding hydrogens is 456 g/mol. The lowest BCUT2D eigenvalue weighted by Gasteiger charge is -2.10. The van der Waals surface area contributed by atoms with E-state index >= 15 is 0 Å². The Bertz CT molecular complexity index is 662. The van der Waals surface area contributed by atoms with Gasteiger partial charge in [-0.25, -0.2) is 0 Å². The molecule has 0 bridgehead atoms. The number of nitro benzene ring substituents is 1. The largest absolute Gasteiger partial charge is 0.380 e. The number of hydrogen-bond donors (Lipinski definition) is 1. The quantitative estimate of drug-likeness (QED) is 0.480. The second-order valence-corrected chi connectivity index (χ2v) is 6.63. The van der Waals surface area contributed by atoms with Crippen molar-refractivity contribution in [1.82, 2.24) is 0 Å². The third-order valence-electron chi connectivity index (χ3n) is 2.65. The first-order valence-electron chi connectivity index (χ1n) is 5.59. The number of halogens is 3. The predicted molar refractivity (Wildman–Crippen MR) is 90.0 cm³/mol. The number of non-ortho nitro benzene ring substituents is 1. The van der Waals surface area contributed by atoms with Gasteiger partial charge in [0.15, 0.2) is 0 Å². The summed E-state index contributed by atoms with van der Waals surface area (Å²) in [6.07, 6.45) is 0. The van der Waals surface area contributed by atoms with Crippen molar-refractivity contribution in [2.45, 2.75) is 6.54 Å². The van der Waals surface area contributed by atoms with Crippen molar-refractivity contribution in [2.75, 3.05) is 5.32 Å². The molecule has 2 aromatic rings. The van der Waals surface area contributed by atoms with E-state index in [-0.39, 0.29) is 5.69 Å². The number of rotatable bonds is 4. The monoisotopic (exact) mass is 462 g/mol. The summed E-state index contributed by atoms with van der Waals surface area (Å²) < 4.78 is 2.65. The Balaban J connectivity index is 2.15. The molecule has 2 rings (SSSR count). The van der Waals surface area contributed by atoms with E-state index in [1.165, 1.54) is 12.1 Å². The average Bonchev–Trinajstić information content (AvgIpc) is 2.40. The van der Waals surface area contributed by atoms with Crippen LogP contribution in [0.3, 0.4) is 0 Å². The summed E-state index contributed by atoms with van der Waals surface area (Å²) in [5, 5.41) is 14.0. The molecule has 0 saturated carbocycles. The van der Waals surface area contributed by atoms with E-state index in [2.05, 4.69) is 53.1 Å². The fourth-order valence-electron chi connectivity index (χ4n) is 1.62. The van der Waals surface area contributed by atoms with Gasteiger partial charge in [0, 0.05) is 37.8 Å². The second-order valence-electron chi connectivity index (χ2n) is 4.01. The van der Waals surface area contributed by atoms with Crippen molar-refractivity contribution < 1.29 is 4.92 Å². The summed E-state index contributed by atoms with van der Waals surface area (Å²) in [5.74, 6) is 0. The van der Waals surface area contributed by atoms with E-state index in [1.807, 2.05) is 18.2 Å². The third-order valence-corrected chi connectivity index (χ3v) is 4.57. The van der Waals surface area contributed by atoms with E-state index in [0.717, 1.165) is 20.2 Å². The lowest BCUT2D eigenvalue weighted by atomic mass is 10.2. The van der Waals surface area contributed by atoms with Crippen LogP contribution in [0, 0.1) is 10.1 Å². The van der Waals surface area contributed by atoms with E-state index in [1.54, 1.807) is 6.07 Å². The summed E-state index contributed by atoms with van der Waals surface area (Å²) in [5.41, 5.74) is 1.97. The maximum absolute atomic E-state index is 10.7. The molecule has 0 unspecified atom stereocenters. The standard InChI is InChI=1S/C13H9Br3N2O2/c14-9-2-4-11(15)13(5-9)17-7-8-1-3-10(18(19)20)6-12(8)16/h1-6,17H,7H2. The molecule has 0 aliphatic heterocycles. The molecule has 0 fully saturated rings. The molecule has 0 spiro atoms. The lowest BCUT2D eigenvalue weighted by molar-refractivity contribution is -0.384. The van der Waals surface area contributed by atoms with Crippen LogP contribution in [0.15, 0.2) is 49.8 Å². The zero-order chi connectivity index (χ0) is 14.7. The summed E-state index contributed by atoms with van der Waals surface area (Å²) in [6.45, 7) is 0.563. The van der Waals surface area contributed by atoms with Gasteiger partial charge in [0.25, 0.3) is 5.69 Å². The highest BCUT2D eigenvalue weighted by atomic mass is 79.9. The molecule has 2 aromatic carbocycles. The van der Waals surface area contributed by atoms with E-state index in [0.29, 0.717) is 11.0 Å². The summed E-state index contributed by atoms with van der Waals surface area (Å²) >= 11 is 10.2. The van der Waals surface area contributed by atoms with Gasteiger partial charge < -0.3 is 5.32 Å². The predicted octanol–water partition coefficient (Wildman–Crippen LogP) is 5.49. The van der Waals surface area contributed by atoms with Gasteiger partial charge in [-0.05, 0) is 45.8 Å². The molecule has 0 heterocycles. The Hall–Kier alpha value is -0.920. The van der Waals surface area contributed by atoms with Crippen molar-refractivity contribution in [3.63, 3.8) is 0 Å². The number of nitrogens with one attached hydrogen (secondary N) is 1. The maximum Gasteiger partial charge on any atom is 0.270 e. The van der Waals surface area contributed by atoms with Crippen LogP contribution < -0.4 is 5.32 Å². The molecule has 4 nitrogen and oxygen atoms in total. The van der Waals surface area contributed by atoms with Gasteiger partial charge >= 0.3 is 0 Å². The first-order valence-corrected chi connectivity index (χ1v) is 7.97. The first-order chi connectivity index (χ1) is 9.47. The Kier molecular flexibility index (Phi) is 5.17. The minimum absolute atomic E-state index is 0.0734. The molecule has 0 amide bonds. The molecule has 1 N–H and O–H groups in total. The van der Waals surface area contributed by atoms with E-state index in [4.69, 9.17) is 0 Å². The van der Waals surface area contributed by atoms with Crippen molar-refractivity contribution in [3.05, 3.63) is 65.5 Å². The Morgan fingerprint density at radius 1 is 1.05 bits per heavy atom. The average molecular weight is 465 g/mol. The second kappa shape index (κ2) is 6.69. The number of hydrogen-bond acceptors (Lipinski definition) is 3. The topological polar surface area (TPSA) is 55.2 Å². The van der Waals surface area contributed by atoms with Crippen LogP contribution >= 0.6 is 47.8 Å². The lowest BCUT2D eigenvalue weighted by Crippen LogP contribution is -2.01. The van der Waals surface area contributed by atoms with Crippen molar-refractivity contribution in [3.8, 4) is 0 Å². The van der Waals surface area contributed by atoms with Crippen LogP contribution in [0.25, 0.3) is 0 Å². The summed E-state index contributed by atoms with van der Waals surface area (Å²) in [4.78, 5) is 10.3. The molecule has 0 aliphatic rings. The van der Waals surface area contributed by atoms with Crippen molar-refractivity contribution in [1.29, 1.82) is 0 Å². The van der Waals surface area contributed by atoms with Gasteiger partial charge in [-0.2, -0.15) is 0 Å². The van der Waals surface area contributed by atoms with Crippen LogP contribution in [-0.2, 0) is 6.54 Å². The van der Waals surface area contributed by atoms with Crippen LogP contribution in [0.5, 0.6) is 0 Å². The van der Waals surface area contributed by atoms with Gasteiger partial charge in [0.05, 0.1) is 4.92 Å².